The minimum absolute atomic E-state index is 0.130. The van der Waals surface area contributed by atoms with Gasteiger partial charge in [-0.1, -0.05) is 26.8 Å². The maximum absolute atomic E-state index is 13.2. The van der Waals surface area contributed by atoms with Crippen LogP contribution in [0.2, 0.25) is 0 Å². The molecule has 0 radical (unpaired) electrons. The Balaban J connectivity index is 2.72. The zero-order valence-corrected chi connectivity index (χ0v) is 11.4. The molecule has 0 aliphatic carbocycles. The fourth-order valence-electron chi connectivity index (χ4n) is 2.36. The van der Waals surface area contributed by atoms with Crippen molar-refractivity contribution < 1.29 is 4.39 Å². The summed E-state index contributed by atoms with van der Waals surface area (Å²) in [6.45, 7) is 9.60. The Bertz CT molecular complexity index is 349. The zero-order chi connectivity index (χ0) is 12.8. The van der Waals surface area contributed by atoms with Crippen LogP contribution in [0, 0.1) is 18.7 Å². The maximum atomic E-state index is 13.2. The van der Waals surface area contributed by atoms with Crippen LogP contribution in [0.25, 0.3) is 0 Å². The van der Waals surface area contributed by atoms with Crippen LogP contribution in [0.5, 0.6) is 0 Å². The molecule has 17 heavy (non-hydrogen) atoms. The fourth-order valence-corrected chi connectivity index (χ4v) is 2.36. The molecule has 0 bridgehead atoms. The van der Waals surface area contributed by atoms with Crippen LogP contribution in [0.4, 0.5) is 4.39 Å². The van der Waals surface area contributed by atoms with E-state index in [1.54, 1.807) is 6.07 Å². The van der Waals surface area contributed by atoms with Gasteiger partial charge in [-0.05, 0) is 55.5 Å². The first kappa shape index (κ1) is 14.2. The Labute approximate surface area is 104 Å². The molecule has 0 fully saturated rings. The summed E-state index contributed by atoms with van der Waals surface area (Å²) in [6, 6.07) is 5.59. The van der Waals surface area contributed by atoms with Crippen molar-refractivity contribution in [1.82, 2.24) is 5.32 Å². The largest absolute Gasteiger partial charge is 0.314 e. The van der Waals surface area contributed by atoms with E-state index in [1.165, 1.54) is 11.6 Å². The van der Waals surface area contributed by atoms with E-state index >= 15 is 0 Å². The van der Waals surface area contributed by atoms with Crippen LogP contribution in [-0.4, -0.2) is 12.6 Å². The van der Waals surface area contributed by atoms with E-state index in [1.807, 2.05) is 6.07 Å². The van der Waals surface area contributed by atoms with Crippen molar-refractivity contribution in [3.8, 4) is 0 Å². The lowest BCUT2D eigenvalue weighted by Gasteiger charge is -2.24. The molecule has 96 valence electrons. The second kappa shape index (κ2) is 6.75. The molecule has 1 aromatic carbocycles. The first-order chi connectivity index (χ1) is 8.08. The fraction of sp³-hybridized carbons (Fsp3) is 0.600. The Kier molecular flexibility index (Phi) is 5.63. The van der Waals surface area contributed by atoms with Gasteiger partial charge in [0.25, 0.3) is 0 Å². The molecule has 0 aliphatic rings. The summed E-state index contributed by atoms with van der Waals surface area (Å²) in [4.78, 5) is 0. The third kappa shape index (κ3) is 4.12. The molecule has 1 aromatic rings. The van der Waals surface area contributed by atoms with Gasteiger partial charge in [0, 0.05) is 6.04 Å². The molecule has 1 nitrogen and oxygen atoms in total. The van der Waals surface area contributed by atoms with E-state index in [0.717, 1.165) is 24.9 Å². The normalized spacial score (nSPS) is 14.6. The summed E-state index contributed by atoms with van der Waals surface area (Å²) < 4.78 is 13.2. The van der Waals surface area contributed by atoms with Gasteiger partial charge in [-0.2, -0.15) is 0 Å². The van der Waals surface area contributed by atoms with Gasteiger partial charge in [0.2, 0.25) is 0 Å². The Hall–Kier alpha value is -0.890. The van der Waals surface area contributed by atoms with Gasteiger partial charge in [0.15, 0.2) is 0 Å². The number of benzene rings is 1. The smallest absolute Gasteiger partial charge is 0.123 e. The summed E-state index contributed by atoms with van der Waals surface area (Å²) in [5.74, 6) is 0.398. The lowest BCUT2D eigenvalue weighted by molar-refractivity contribution is 0.370. The van der Waals surface area contributed by atoms with Crippen molar-refractivity contribution in [3.63, 3.8) is 0 Å². The van der Waals surface area contributed by atoms with E-state index < -0.39 is 0 Å². The van der Waals surface area contributed by atoms with Gasteiger partial charge >= 0.3 is 0 Å². The van der Waals surface area contributed by atoms with Gasteiger partial charge in [0.05, 0.1) is 0 Å². The number of aryl methyl sites for hydroxylation is 1. The minimum atomic E-state index is -0.130. The number of hydrogen-bond donors (Lipinski definition) is 1. The predicted molar refractivity (Wildman–Crippen MR) is 71.8 cm³/mol. The molecule has 0 aromatic heterocycles. The van der Waals surface area contributed by atoms with Gasteiger partial charge in [0.1, 0.15) is 5.82 Å². The van der Waals surface area contributed by atoms with Crippen LogP contribution in [0.15, 0.2) is 18.2 Å². The zero-order valence-electron chi connectivity index (χ0n) is 11.4. The molecule has 2 heteroatoms. The molecule has 0 spiro atoms. The average molecular weight is 237 g/mol. The van der Waals surface area contributed by atoms with E-state index in [9.17, 15) is 4.39 Å². The van der Waals surface area contributed by atoms with Gasteiger partial charge in [-0.15, -0.1) is 0 Å². The topological polar surface area (TPSA) is 12.0 Å². The van der Waals surface area contributed by atoms with Crippen LogP contribution in [0.3, 0.4) is 0 Å². The summed E-state index contributed by atoms with van der Waals surface area (Å²) >= 11 is 0. The molecule has 0 amide bonds. The van der Waals surface area contributed by atoms with Crippen LogP contribution in [0.1, 0.15) is 38.3 Å². The summed E-state index contributed by atoms with van der Waals surface area (Å²) in [5, 5.41) is 3.49. The van der Waals surface area contributed by atoms with Crippen LogP contribution in [-0.2, 0) is 6.42 Å². The molecule has 0 aliphatic heterocycles. The first-order valence-electron chi connectivity index (χ1n) is 6.56. The first-order valence-corrected chi connectivity index (χ1v) is 6.56. The lowest BCUT2D eigenvalue weighted by atomic mass is 9.90. The second-order valence-electron chi connectivity index (χ2n) is 4.82. The summed E-state index contributed by atoms with van der Waals surface area (Å²) in [7, 11) is 0. The van der Waals surface area contributed by atoms with Crippen molar-refractivity contribution in [2.24, 2.45) is 5.92 Å². The predicted octanol–water partition coefficient (Wildman–Crippen LogP) is 3.70. The van der Waals surface area contributed by atoms with Crippen molar-refractivity contribution in [1.29, 1.82) is 0 Å². The molecule has 1 N–H and O–H groups in total. The molecule has 2 atom stereocenters. The highest BCUT2D eigenvalue weighted by molar-refractivity contribution is 5.27. The third-order valence-electron chi connectivity index (χ3n) is 3.45. The monoisotopic (exact) mass is 237 g/mol. The van der Waals surface area contributed by atoms with Crippen molar-refractivity contribution >= 4 is 0 Å². The molecule has 1 rings (SSSR count). The Morgan fingerprint density at radius 1 is 1.29 bits per heavy atom. The molecule has 0 heterocycles. The molecule has 2 unspecified atom stereocenters. The number of hydrogen-bond acceptors (Lipinski definition) is 1. The highest BCUT2D eigenvalue weighted by Gasteiger charge is 2.15. The molecular weight excluding hydrogens is 213 g/mol. The van der Waals surface area contributed by atoms with Crippen molar-refractivity contribution in [2.45, 2.75) is 46.6 Å². The third-order valence-corrected chi connectivity index (χ3v) is 3.45. The van der Waals surface area contributed by atoms with Crippen LogP contribution < -0.4 is 5.32 Å². The number of halogens is 1. The van der Waals surface area contributed by atoms with Crippen LogP contribution >= 0.6 is 0 Å². The van der Waals surface area contributed by atoms with E-state index in [0.29, 0.717) is 12.0 Å². The SMILES string of the molecule is CCNC(CC)C(C)Cc1cc(F)ccc1C. The Morgan fingerprint density at radius 2 is 2.00 bits per heavy atom. The Morgan fingerprint density at radius 3 is 2.59 bits per heavy atom. The highest BCUT2D eigenvalue weighted by atomic mass is 19.1. The maximum Gasteiger partial charge on any atom is 0.123 e. The second-order valence-corrected chi connectivity index (χ2v) is 4.82. The van der Waals surface area contributed by atoms with E-state index in [4.69, 9.17) is 0 Å². The summed E-state index contributed by atoms with van der Waals surface area (Å²) in [6.07, 6.45) is 2.05. The molecular formula is C15H24FN. The molecule has 0 saturated heterocycles. The molecule has 0 saturated carbocycles. The lowest BCUT2D eigenvalue weighted by Crippen LogP contribution is -2.35. The highest BCUT2D eigenvalue weighted by Crippen LogP contribution is 2.18. The van der Waals surface area contributed by atoms with E-state index in [2.05, 4.69) is 33.0 Å². The number of nitrogens with one attached hydrogen (secondary N) is 1. The van der Waals surface area contributed by atoms with Gasteiger partial charge < -0.3 is 5.32 Å². The van der Waals surface area contributed by atoms with E-state index in [-0.39, 0.29) is 5.82 Å². The summed E-state index contributed by atoms with van der Waals surface area (Å²) in [5.41, 5.74) is 2.32. The van der Waals surface area contributed by atoms with Gasteiger partial charge in [-0.3, -0.25) is 0 Å². The van der Waals surface area contributed by atoms with Gasteiger partial charge in [-0.25, -0.2) is 4.39 Å². The number of rotatable bonds is 6. The average Bonchev–Trinajstić information content (AvgIpc) is 2.30. The minimum Gasteiger partial charge on any atom is -0.314 e. The standard InChI is InChI=1S/C15H24FN/c1-5-15(17-6-2)12(4)9-13-10-14(16)8-7-11(13)3/h7-8,10,12,15,17H,5-6,9H2,1-4H3. The quantitative estimate of drug-likeness (QED) is 0.795. The van der Waals surface area contributed by atoms with Crippen molar-refractivity contribution in [3.05, 3.63) is 35.1 Å². The van der Waals surface area contributed by atoms with Crippen molar-refractivity contribution in [2.75, 3.05) is 6.54 Å².